The predicted molar refractivity (Wildman–Crippen MR) is 77.3 cm³/mol. The van der Waals surface area contributed by atoms with E-state index in [0.717, 1.165) is 29.8 Å². The average molecular weight is 264 g/mol. The Kier molecular flexibility index (Phi) is 5.36. The van der Waals surface area contributed by atoms with E-state index in [2.05, 4.69) is 5.32 Å². The minimum Gasteiger partial charge on any atom is -0.491 e. The Labute approximate surface area is 115 Å². The third-order valence-electron chi connectivity index (χ3n) is 3.17. The van der Waals surface area contributed by atoms with Crippen molar-refractivity contribution in [2.45, 2.75) is 39.7 Å². The summed E-state index contributed by atoms with van der Waals surface area (Å²) in [5, 5.41) is 3.15. The van der Waals surface area contributed by atoms with Crippen LogP contribution in [-0.2, 0) is 4.79 Å². The summed E-state index contributed by atoms with van der Waals surface area (Å²) in [6.07, 6.45) is 0.937. The molecule has 0 saturated carbocycles. The number of amides is 1. The van der Waals surface area contributed by atoms with Crippen molar-refractivity contribution >= 4 is 5.91 Å². The molecule has 0 aliphatic heterocycles. The predicted octanol–water partition coefficient (Wildman–Crippen LogP) is 1.93. The minimum atomic E-state index is -0.841. The highest BCUT2D eigenvalue weighted by Crippen LogP contribution is 2.20. The van der Waals surface area contributed by atoms with E-state index in [1.54, 1.807) is 6.92 Å². The first kappa shape index (κ1) is 15.5. The molecule has 1 aromatic rings. The summed E-state index contributed by atoms with van der Waals surface area (Å²) in [4.78, 5) is 11.6. The molecule has 0 saturated heterocycles. The van der Waals surface area contributed by atoms with Gasteiger partial charge in [-0.1, -0.05) is 19.1 Å². The summed E-state index contributed by atoms with van der Waals surface area (Å²) in [6.45, 7) is 8.77. The zero-order chi connectivity index (χ0) is 14.5. The van der Waals surface area contributed by atoms with E-state index >= 15 is 0 Å². The Morgan fingerprint density at radius 3 is 2.68 bits per heavy atom. The molecule has 4 nitrogen and oxygen atoms in total. The van der Waals surface area contributed by atoms with E-state index in [0.29, 0.717) is 0 Å². The lowest BCUT2D eigenvalue weighted by Gasteiger charge is -2.27. The van der Waals surface area contributed by atoms with E-state index < -0.39 is 11.4 Å². The molecular formula is C15H24N2O2. The van der Waals surface area contributed by atoms with E-state index in [1.165, 1.54) is 0 Å². The van der Waals surface area contributed by atoms with Crippen LogP contribution in [0.25, 0.3) is 0 Å². The van der Waals surface area contributed by atoms with Crippen LogP contribution in [0.15, 0.2) is 18.2 Å². The Hall–Kier alpha value is -1.55. The van der Waals surface area contributed by atoms with Crippen LogP contribution in [0.2, 0.25) is 0 Å². The fraction of sp³-hybridized carbons (Fsp3) is 0.533. The smallest absolute Gasteiger partial charge is 0.240 e. The van der Waals surface area contributed by atoms with Crippen molar-refractivity contribution in [3.05, 3.63) is 29.3 Å². The van der Waals surface area contributed by atoms with Gasteiger partial charge in [-0.2, -0.15) is 0 Å². The standard InChI is InChI=1S/C15H24N2O2/c1-5-8-17-15(4,14(16)18)10-19-13-9-11(2)6-7-12(13)3/h6-7,9,17H,5,8,10H2,1-4H3,(H2,16,18). The first-order valence-electron chi connectivity index (χ1n) is 6.64. The van der Waals surface area contributed by atoms with Crippen LogP contribution >= 0.6 is 0 Å². The molecule has 0 heterocycles. The molecule has 4 heteroatoms. The lowest BCUT2D eigenvalue weighted by Crippen LogP contribution is -2.57. The van der Waals surface area contributed by atoms with Gasteiger partial charge in [0.2, 0.25) is 5.91 Å². The molecule has 3 N–H and O–H groups in total. The maximum atomic E-state index is 11.6. The SMILES string of the molecule is CCCNC(C)(COc1cc(C)ccc1C)C(N)=O. The summed E-state index contributed by atoms with van der Waals surface area (Å²) in [5.74, 6) is 0.400. The topological polar surface area (TPSA) is 64.3 Å². The number of aryl methyl sites for hydroxylation is 2. The quantitative estimate of drug-likeness (QED) is 0.791. The molecule has 0 aliphatic carbocycles. The van der Waals surface area contributed by atoms with Crippen molar-refractivity contribution in [3.63, 3.8) is 0 Å². The molecule has 0 aliphatic rings. The monoisotopic (exact) mass is 264 g/mol. The van der Waals surface area contributed by atoms with Gasteiger partial charge in [-0.25, -0.2) is 0 Å². The first-order chi connectivity index (χ1) is 8.89. The van der Waals surface area contributed by atoms with E-state index in [9.17, 15) is 4.79 Å². The van der Waals surface area contributed by atoms with E-state index in [-0.39, 0.29) is 6.61 Å². The Morgan fingerprint density at radius 1 is 1.42 bits per heavy atom. The van der Waals surface area contributed by atoms with Crippen LogP contribution in [0.1, 0.15) is 31.4 Å². The van der Waals surface area contributed by atoms with Crippen LogP contribution in [-0.4, -0.2) is 24.6 Å². The molecule has 1 rings (SSSR count). The zero-order valence-corrected chi connectivity index (χ0v) is 12.2. The molecule has 1 aromatic carbocycles. The third-order valence-corrected chi connectivity index (χ3v) is 3.17. The number of nitrogens with one attached hydrogen (secondary N) is 1. The number of hydrogen-bond acceptors (Lipinski definition) is 3. The van der Waals surface area contributed by atoms with Gasteiger partial charge < -0.3 is 15.8 Å². The van der Waals surface area contributed by atoms with Gasteiger partial charge in [0.1, 0.15) is 17.9 Å². The summed E-state index contributed by atoms with van der Waals surface area (Å²) in [6, 6.07) is 6.01. The van der Waals surface area contributed by atoms with Crippen molar-refractivity contribution in [2.75, 3.05) is 13.2 Å². The number of carbonyl (C=O) groups is 1. The second-order valence-corrected chi connectivity index (χ2v) is 5.18. The minimum absolute atomic E-state index is 0.229. The van der Waals surface area contributed by atoms with Gasteiger partial charge in [0.05, 0.1) is 0 Å². The largest absolute Gasteiger partial charge is 0.491 e. The molecule has 19 heavy (non-hydrogen) atoms. The summed E-state index contributed by atoms with van der Waals surface area (Å²) >= 11 is 0. The van der Waals surface area contributed by atoms with E-state index in [4.69, 9.17) is 10.5 Å². The number of rotatable bonds is 7. The highest BCUT2D eigenvalue weighted by Gasteiger charge is 2.31. The highest BCUT2D eigenvalue weighted by molar-refractivity contribution is 5.84. The van der Waals surface area contributed by atoms with Gasteiger partial charge >= 0.3 is 0 Å². The van der Waals surface area contributed by atoms with Crippen molar-refractivity contribution in [3.8, 4) is 5.75 Å². The number of carbonyl (C=O) groups excluding carboxylic acids is 1. The average Bonchev–Trinajstić information content (AvgIpc) is 2.37. The van der Waals surface area contributed by atoms with Gasteiger partial charge in [-0.15, -0.1) is 0 Å². The number of hydrogen-bond donors (Lipinski definition) is 2. The molecule has 0 fully saturated rings. The van der Waals surface area contributed by atoms with Gasteiger partial charge in [0.25, 0.3) is 0 Å². The highest BCUT2D eigenvalue weighted by atomic mass is 16.5. The van der Waals surface area contributed by atoms with Crippen LogP contribution in [0.5, 0.6) is 5.75 Å². The van der Waals surface area contributed by atoms with Gasteiger partial charge in [0.15, 0.2) is 0 Å². The fourth-order valence-electron chi connectivity index (χ4n) is 1.70. The van der Waals surface area contributed by atoms with Gasteiger partial charge in [-0.05, 0) is 50.9 Å². The second kappa shape index (κ2) is 6.57. The second-order valence-electron chi connectivity index (χ2n) is 5.18. The van der Waals surface area contributed by atoms with Gasteiger partial charge in [0, 0.05) is 0 Å². The Bertz CT molecular complexity index is 446. The molecular weight excluding hydrogens is 240 g/mol. The van der Waals surface area contributed by atoms with Crippen molar-refractivity contribution in [2.24, 2.45) is 5.73 Å². The van der Waals surface area contributed by atoms with Crippen molar-refractivity contribution in [1.29, 1.82) is 0 Å². The fourth-order valence-corrected chi connectivity index (χ4v) is 1.70. The summed E-state index contributed by atoms with van der Waals surface area (Å²) < 4.78 is 5.78. The number of primary amides is 1. The van der Waals surface area contributed by atoms with Crippen LogP contribution in [0, 0.1) is 13.8 Å². The number of benzene rings is 1. The maximum absolute atomic E-state index is 11.6. The molecule has 1 amide bonds. The zero-order valence-electron chi connectivity index (χ0n) is 12.2. The maximum Gasteiger partial charge on any atom is 0.240 e. The molecule has 0 aromatic heterocycles. The molecule has 0 spiro atoms. The van der Waals surface area contributed by atoms with Gasteiger partial charge in [-0.3, -0.25) is 4.79 Å². The van der Waals surface area contributed by atoms with Crippen LogP contribution in [0.3, 0.4) is 0 Å². The van der Waals surface area contributed by atoms with Crippen molar-refractivity contribution < 1.29 is 9.53 Å². The molecule has 0 bridgehead atoms. The Balaban J connectivity index is 2.76. The lowest BCUT2D eigenvalue weighted by molar-refractivity contribution is -0.125. The normalized spacial score (nSPS) is 13.9. The molecule has 1 atom stereocenters. The first-order valence-corrected chi connectivity index (χ1v) is 6.64. The number of nitrogens with two attached hydrogens (primary N) is 1. The molecule has 0 radical (unpaired) electrons. The molecule has 1 unspecified atom stereocenters. The van der Waals surface area contributed by atoms with Crippen molar-refractivity contribution in [1.82, 2.24) is 5.32 Å². The molecule has 106 valence electrons. The third kappa shape index (κ3) is 4.24. The summed E-state index contributed by atoms with van der Waals surface area (Å²) in [5.41, 5.74) is 6.80. The van der Waals surface area contributed by atoms with E-state index in [1.807, 2.05) is 39.0 Å². The summed E-state index contributed by atoms with van der Waals surface area (Å²) in [7, 11) is 0. The Morgan fingerprint density at radius 2 is 2.11 bits per heavy atom. The lowest BCUT2D eigenvalue weighted by atomic mass is 10.0. The number of ether oxygens (including phenoxy) is 1. The van der Waals surface area contributed by atoms with Crippen LogP contribution in [0.4, 0.5) is 0 Å². The van der Waals surface area contributed by atoms with Crippen LogP contribution < -0.4 is 15.8 Å².